The third kappa shape index (κ3) is 2.14. The van der Waals surface area contributed by atoms with Gasteiger partial charge >= 0.3 is 0 Å². The highest BCUT2D eigenvalue weighted by molar-refractivity contribution is 9.10. The van der Waals surface area contributed by atoms with E-state index < -0.39 is 0 Å². The van der Waals surface area contributed by atoms with Crippen molar-refractivity contribution in [2.24, 2.45) is 7.05 Å². The Bertz CT molecular complexity index is 449. The molecule has 2 aromatic heterocycles. The Kier molecular flexibility index (Phi) is 3.23. The molecule has 15 heavy (non-hydrogen) atoms. The highest BCUT2D eigenvalue weighted by Crippen LogP contribution is 2.30. The number of hydrogen-bond acceptors (Lipinski definition) is 3. The van der Waals surface area contributed by atoms with Crippen LogP contribution in [0, 0.1) is 0 Å². The van der Waals surface area contributed by atoms with E-state index in [0.29, 0.717) is 0 Å². The number of hydrogen-bond donors (Lipinski definition) is 1. The fourth-order valence-corrected chi connectivity index (χ4v) is 3.09. The molecule has 1 atom stereocenters. The van der Waals surface area contributed by atoms with Crippen molar-refractivity contribution in [1.29, 1.82) is 0 Å². The van der Waals surface area contributed by atoms with Crippen molar-refractivity contribution < 1.29 is 0 Å². The second kappa shape index (κ2) is 4.47. The Morgan fingerprint density at radius 2 is 2.33 bits per heavy atom. The molecule has 5 heteroatoms. The number of aryl methyl sites for hydroxylation is 1. The van der Waals surface area contributed by atoms with Crippen LogP contribution in [0.3, 0.4) is 0 Å². The summed E-state index contributed by atoms with van der Waals surface area (Å²) in [4.78, 5) is 4.37. The second-order valence-corrected chi connectivity index (χ2v) is 4.96. The van der Waals surface area contributed by atoms with Crippen molar-refractivity contribution in [2.75, 3.05) is 7.05 Å². The molecule has 0 saturated heterocycles. The molecule has 0 aliphatic rings. The number of thiophene rings is 1. The molecule has 0 fully saturated rings. The van der Waals surface area contributed by atoms with E-state index in [1.165, 1.54) is 5.56 Å². The average Bonchev–Trinajstić information content (AvgIpc) is 2.79. The topological polar surface area (TPSA) is 29.9 Å². The Labute approximate surface area is 101 Å². The molecule has 3 nitrogen and oxygen atoms in total. The summed E-state index contributed by atoms with van der Waals surface area (Å²) in [7, 11) is 3.93. The molecule has 0 aliphatic carbocycles. The average molecular weight is 286 g/mol. The second-order valence-electron chi connectivity index (χ2n) is 3.36. The quantitative estimate of drug-likeness (QED) is 0.939. The molecule has 0 bridgehead atoms. The lowest BCUT2D eigenvalue weighted by Gasteiger charge is -2.12. The predicted molar refractivity (Wildman–Crippen MR) is 66.1 cm³/mol. The van der Waals surface area contributed by atoms with Crippen LogP contribution in [-0.2, 0) is 7.05 Å². The van der Waals surface area contributed by atoms with Crippen molar-refractivity contribution in [3.05, 3.63) is 39.0 Å². The molecule has 0 spiro atoms. The molecule has 2 aromatic rings. The molecule has 0 amide bonds. The maximum absolute atomic E-state index is 4.37. The summed E-state index contributed by atoms with van der Waals surface area (Å²) in [6.45, 7) is 0. The molecule has 0 radical (unpaired) electrons. The first-order chi connectivity index (χ1) is 7.22. The summed E-state index contributed by atoms with van der Waals surface area (Å²) in [5.74, 6) is 0. The molecular formula is C10H12BrN3S. The zero-order chi connectivity index (χ0) is 10.8. The van der Waals surface area contributed by atoms with Gasteiger partial charge in [-0.25, -0.2) is 4.98 Å². The van der Waals surface area contributed by atoms with Crippen molar-refractivity contribution in [1.82, 2.24) is 14.9 Å². The third-order valence-electron chi connectivity index (χ3n) is 2.26. The molecule has 0 saturated carbocycles. The Hall–Kier alpha value is -0.650. The van der Waals surface area contributed by atoms with Crippen LogP contribution in [0.15, 0.2) is 27.8 Å². The van der Waals surface area contributed by atoms with Crippen LogP contribution in [0.1, 0.15) is 17.3 Å². The molecule has 0 aromatic carbocycles. The van der Waals surface area contributed by atoms with Gasteiger partial charge in [-0.15, -0.1) is 0 Å². The van der Waals surface area contributed by atoms with Crippen LogP contribution < -0.4 is 5.32 Å². The van der Waals surface area contributed by atoms with E-state index >= 15 is 0 Å². The number of nitrogens with one attached hydrogen (secondary N) is 1. The molecule has 0 aliphatic heterocycles. The summed E-state index contributed by atoms with van der Waals surface area (Å²) in [5, 5.41) is 7.50. The zero-order valence-electron chi connectivity index (χ0n) is 8.57. The van der Waals surface area contributed by atoms with E-state index in [-0.39, 0.29) is 6.04 Å². The van der Waals surface area contributed by atoms with Gasteiger partial charge in [0, 0.05) is 28.7 Å². The maximum Gasteiger partial charge on any atom is 0.0947 e. The van der Waals surface area contributed by atoms with Gasteiger partial charge in [0.2, 0.25) is 0 Å². The largest absolute Gasteiger partial charge is 0.340 e. The number of nitrogens with zero attached hydrogens (tertiary/aromatic N) is 2. The summed E-state index contributed by atoms with van der Waals surface area (Å²) >= 11 is 5.24. The highest BCUT2D eigenvalue weighted by atomic mass is 79.9. The fraction of sp³-hybridized carbons (Fsp3) is 0.300. The Morgan fingerprint density at radius 1 is 1.53 bits per heavy atom. The molecule has 1 N–H and O–H groups in total. The van der Waals surface area contributed by atoms with Crippen LogP contribution in [0.25, 0.3) is 0 Å². The lowest BCUT2D eigenvalue weighted by atomic mass is 10.1. The lowest BCUT2D eigenvalue weighted by Crippen LogP contribution is -2.17. The van der Waals surface area contributed by atoms with Crippen molar-refractivity contribution >= 4 is 27.3 Å². The van der Waals surface area contributed by atoms with Crippen LogP contribution in [0.2, 0.25) is 0 Å². The van der Waals surface area contributed by atoms with Gasteiger partial charge in [-0.3, -0.25) is 0 Å². The van der Waals surface area contributed by atoms with Gasteiger partial charge in [0.1, 0.15) is 0 Å². The predicted octanol–water partition coefficient (Wildman–Crippen LogP) is 2.55. The highest BCUT2D eigenvalue weighted by Gasteiger charge is 2.17. The number of rotatable bonds is 3. The van der Waals surface area contributed by atoms with Gasteiger partial charge in [-0.2, -0.15) is 11.3 Å². The van der Waals surface area contributed by atoms with Gasteiger partial charge in [-0.05, 0) is 28.4 Å². The Balaban J connectivity index is 2.36. The van der Waals surface area contributed by atoms with E-state index in [1.807, 2.05) is 31.2 Å². The van der Waals surface area contributed by atoms with Gasteiger partial charge < -0.3 is 9.88 Å². The number of imidazole rings is 1. The molecular weight excluding hydrogens is 274 g/mol. The van der Waals surface area contributed by atoms with Crippen molar-refractivity contribution in [2.45, 2.75) is 6.04 Å². The number of halogens is 1. The Morgan fingerprint density at radius 3 is 2.80 bits per heavy atom. The minimum Gasteiger partial charge on any atom is -0.340 e. The molecule has 80 valence electrons. The van der Waals surface area contributed by atoms with E-state index in [0.717, 1.165) is 10.2 Å². The zero-order valence-corrected chi connectivity index (χ0v) is 11.0. The van der Waals surface area contributed by atoms with E-state index in [9.17, 15) is 0 Å². The van der Waals surface area contributed by atoms with Crippen molar-refractivity contribution in [3.63, 3.8) is 0 Å². The SMILES string of the molecule is CNC(c1cn(C)cn1)c1cscc1Br. The molecule has 1 unspecified atom stereocenters. The van der Waals surface area contributed by atoms with Crippen molar-refractivity contribution in [3.8, 4) is 0 Å². The number of aromatic nitrogens is 2. The van der Waals surface area contributed by atoms with E-state index in [4.69, 9.17) is 0 Å². The first-order valence-electron chi connectivity index (χ1n) is 4.59. The van der Waals surface area contributed by atoms with Crippen LogP contribution >= 0.6 is 27.3 Å². The fourth-order valence-electron chi connectivity index (χ4n) is 1.54. The van der Waals surface area contributed by atoms with Gasteiger partial charge in [0.25, 0.3) is 0 Å². The summed E-state index contributed by atoms with van der Waals surface area (Å²) in [6, 6.07) is 0.159. The first kappa shape index (κ1) is 10.9. The summed E-state index contributed by atoms with van der Waals surface area (Å²) < 4.78 is 3.09. The minimum absolute atomic E-state index is 0.159. The monoisotopic (exact) mass is 285 g/mol. The smallest absolute Gasteiger partial charge is 0.0947 e. The first-order valence-corrected chi connectivity index (χ1v) is 6.32. The van der Waals surface area contributed by atoms with Gasteiger partial charge in [0.15, 0.2) is 0 Å². The summed E-state index contributed by atoms with van der Waals surface area (Å²) in [6.07, 6.45) is 3.85. The third-order valence-corrected chi connectivity index (χ3v) is 4.01. The van der Waals surface area contributed by atoms with Crippen LogP contribution in [-0.4, -0.2) is 16.6 Å². The van der Waals surface area contributed by atoms with Crippen LogP contribution in [0.5, 0.6) is 0 Å². The van der Waals surface area contributed by atoms with Gasteiger partial charge in [0.05, 0.1) is 18.1 Å². The van der Waals surface area contributed by atoms with Gasteiger partial charge in [-0.1, -0.05) is 0 Å². The summed E-state index contributed by atoms with van der Waals surface area (Å²) in [5.41, 5.74) is 2.28. The minimum atomic E-state index is 0.159. The lowest BCUT2D eigenvalue weighted by molar-refractivity contribution is 0.674. The van der Waals surface area contributed by atoms with E-state index in [2.05, 4.69) is 37.0 Å². The van der Waals surface area contributed by atoms with E-state index in [1.54, 1.807) is 11.3 Å². The maximum atomic E-state index is 4.37. The van der Waals surface area contributed by atoms with Crippen LogP contribution in [0.4, 0.5) is 0 Å². The molecule has 2 rings (SSSR count). The normalized spacial score (nSPS) is 13.0. The molecule has 2 heterocycles. The standard InChI is InChI=1S/C10H12BrN3S/c1-12-10(7-4-15-5-8(7)11)9-3-14(2)6-13-9/h3-6,10,12H,1-2H3.